The minimum atomic E-state index is -4.50. The molecule has 0 radical (unpaired) electrons. The molecule has 0 amide bonds. The highest BCUT2D eigenvalue weighted by Crippen LogP contribution is 2.31. The number of methoxy groups -OCH3 is 1. The van der Waals surface area contributed by atoms with E-state index < -0.39 is 23.7 Å². The molecule has 8 nitrogen and oxygen atoms in total. The number of nitrogens with zero attached hydrogens (tertiary/aromatic N) is 4. The van der Waals surface area contributed by atoms with Crippen molar-refractivity contribution in [1.82, 2.24) is 20.0 Å². The molecule has 1 aromatic carbocycles. The summed E-state index contributed by atoms with van der Waals surface area (Å²) in [4.78, 5) is 28.3. The molecule has 0 atom stereocenters. The van der Waals surface area contributed by atoms with E-state index >= 15 is 0 Å². The lowest BCUT2D eigenvalue weighted by atomic mass is 10.1. The summed E-state index contributed by atoms with van der Waals surface area (Å²) in [5, 5.41) is 7.69. The summed E-state index contributed by atoms with van der Waals surface area (Å²) >= 11 is 0. The molecule has 2 aromatic heterocycles. The van der Waals surface area contributed by atoms with E-state index in [0.717, 1.165) is 16.8 Å². The van der Waals surface area contributed by atoms with E-state index in [0.29, 0.717) is 0 Å². The average molecular weight is 420 g/mol. The summed E-state index contributed by atoms with van der Waals surface area (Å²) in [5.41, 5.74) is -0.697. The predicted octanol–water partition coefficient (Wildman–Crippen LogP) is 3.31. The Kier molecular flexibility index (Phi) is 5.81. The van der Waals surface area contributed by atoms with Crippen molar-refractivity contribution in [3.63, 3.8) is 0 Å². The van der Waals surface area contributed by atoms with Crippen LogP contribution in [0.1, 0.15) is 33.5 Å². The highest BCUT2D eigenvalue weighted by Gasteiger charge is 2.30. The van der Waals surface area contributed by atoms with Gasteiger partial charge in [-0.1, -0.05) is 11.3 Å². The molecule has 0 spiro atoms. The van der Waals surface area contributed by atoms with Gasteiger partial charge in [-0.2, -0.15) is 13.2 Å². The van der Waals surface area contributed by atoms with Crippen molar-refractivity contribution in [1.29, 1.82) is 0 Å². The Hall–Kier alpha value is -3.76. The third kappa shape index (κ3) is 4.14. The minimum absolute atomic E-state index is 0.0371. The average Bonchev–Trinajstić information content (AvgIpc) is 3.18. The van der Waals surface area contributed by atoms with Crippen LogP contribution >= 0.6 is 0 Å². The van der Waals surface area contributed by atoms with Gasteiger partial charge in [0.1, 0.15) is 11.4 Å². The van der Waals surface area contributed by atoms with Gasteiger partial charge in [0.2, 0.25) is 5.69 Å². The van der Waals surface area contributed by atoms with Gasteiger partial charge in [-0.15, -0.1) is 5.10 Å². The Morgan fingerprint density at radius 1 is 1.07 bits per heavy atom. The number of hydrogen-bond donors (Lipinski definition) is 0. The fraction of sp³-hybridized carbons (Fsp3) is 0.211. The van der Waals surface area contributed by atoms with Gasteiger partial charge in [-0.05, 0) is 43.3 Å². The van der Waals surface area contributed by atoms with Crippen molar-refractivity contribution in [3.8, 4) is 17.1 Å². The van der Waals surface area contributed by atoms with Crippen LogP contribution in [-0.4, -0.2) is 45.6 Å². The number of aromatic nitrogens is 4. The zero-order chi connectivity index (χ0) is 21.9. The van der Waals surface area contributed by atoms with Crippen LogP contribution in [0.15, 0.2) is 42.5 Å². The van der Waals surface area contributed by atoms with Crippen LogP contribution < -0.4 is 0 Å². The number of carbonyl (C=O) groups excluding carboxylic acids is 2. The van der Waals surface area contributed by atoms with Gasteiger partial charge >= 0.3 is 18.1 Å². The monoisotopic (exact) mass is 420 g/mol. The molecule has 11 heteroatoms. The second-order valence-electron chi connectivity index (χ2n) is 5.86. The molecule has 0 aliphatic heterocycles. The standard InChI is InChI=1S/C19H15F3N4O4/c1-3-30-18(28)15-16(13-5-4-6-14(23-13)17(27)29-2)26(25-24-15)12-9-7-11(8-10-12)19(20,21)22/h4-10H,3H2,1-2H3. The van der Waals surface area contributed by atoms with Crippen molar-refractivity contribution in [2.75, 3.05) is 13.7 Å². The van der Waals surface area contributed by atoms with Gasteiger partial charge < -0.3 is 9.47 Å². The number of benzene rings is 1. The van der Waals surface area contributed by atoms with Crippen molar-refractivity contribution in [3.05, 3.63) is 59.4 Å². The van der Waals surface area contributed by atoms with Gasteiger partial charge in [-0.25, -0.2) is 19.3 Å². The number of ether oxygens (including phenoxy) is 2. The van der Waals surface area contributed by atoms with Crippen molar-refractivity contribution in [2.24, 2.45) is 0 Å². The van der Waals surface area contributed by atoms with E-state index in [1.807, 2.05) is 0 Å². The third-order valence-corrected chi connectivity index (χ3v) is 3.96. The molecular formula is C19H15F3N4O4. The summed E-state index contributed by atoms with van der Waals surface area (Å²) in [7, 11) is 1.19. The highest BCUT2D eigenvalue weighted by atomic mass is 19.4. The number of alkyl halides is 3. The van der Waals surface area contributed by atoms with Gasteiger partial charge in [0.25, 0.3) is 0 Å². The van der Waals surface area contributed by atoms with Crippen molar-refractivity contribution in [2.45, 2.75) is 13.1 Å². The Labute approximate surface area is 168 Å². The zero-order valence-electron chi connectivity index (χ0n) is 15.8. The Balaban J connectivity index is 2.16. The molecule has 3 rings (SSSR count). The summed E-state index contributed by atoms with van der Waals surface area (Å²) in [6.45, 7) is 1.68. The predicted molar refractivity (Wildman–Crippen MR) is 96.9 cm³/mol. The number of carbonyl (C=O) groups is 2. The molecule has 0 unspecified atom stereocenters. The summed E-state index contributed by atoms with van der Waals surface area (Å²) in [5.74, 6) is -1.50. The molecule has 0 saturated carbocycles. The van der Waals surface area contributed by atoms with Crippen molar-refractivity contribution >= 4 is 11.9 Å². The SMILES string of the molecule is CCOC(=O)c1nnn(-c2ccc(C(F)(F)F)cc2)c1-c1cccc(C(=O)OC)n1. The van der Waals surface area contributed by atoms with Crippen molar-refractivity contribution < 1.29 is 32.2 Å². The lowest BCUT2D eigenvalue weighted by Gasteiger charge is -2.10. The van der Waals surface area contributed by atoms with Gasteiger partial charge in [0, 0.05) is 0 Å². The minimum Gasteiger partial charge on any atom is -0.464 e. The first-order valence-corrected chi connectivity index (χ1v) is 8.62. The maximum Gasteiger partial charge on any atom is 0.416 e. The van der Waals surface area contributed by atoms with E-state index in [4.69, 9.17) is 4.74 Å². The number of pyridine rings is 1. The Morgan fingerprint density at radius 3 is 2.37 bits per heavy atom. The quantitative estimate of drug-likeness (QED) is 0.584. The van der Waals surface area contributed by atoms with Crippen LogP contribution in [0.4, 0.5) is 13.2 Å². The molecule has 156 valence electrons. The summed E-state index contributed by atoms with van der Waals surface area (Å²) in [6.07, 6.45) is -4.50. The first kappa shape index (κ1) is 21.0. The number of hydrogen-bond acceptors (Lipinski definition) is 7. The van der Waals surface area contributed by atoms with Gasteiger partial charge in [-0.3, -0.25) is 0 Å². The van der Waals surface area contributed by atoms with E-state index in [9.17, 15) is 22.8 Å². The van der Waals surface area contributed by atoms with Crippen LogP contribution in [0.25, 0.3) is 17.1 Å². The van der Waals surface area contributed by atoms with E-state index in [1.54, 1.807) is 6.92 Å². The third-order valence-electron chi connectivity index (χ3n) is 3.96. The second kappa shape index (κ2) is 8.31. The topological polar surface area (TPSA) is 96.2 Å². The molecule has 0 fully saturated rings. The molecule has 0 bridgehead atoms. The summed E-state index contributed by atoms with van der Waals surface area (Å²) in [6, 6.07) is 8.53. The first-order valence-electron chi connectivity index (χ1n) is 8.62. The molecule has 0 aliphatic rings. The molecule has 0 N–H and O–H groups in total. The maximum atomic E-state index is 12.9. The van der Waals surface area contributed by atoms with E-state index in [2.05, 4.69) is 20.0 Å². The fourth-order valence-corrected chi connectivity index (χ4v) is 2.61. The van der Waals surface area contributed by atoms with Crippen LogP contribution in [0.5, 0.6) is 0 Å². The molecule has 30 heavy (non-hydrogen) atoms. The largest absolute Gasteiger partial charge is 0.464 e. The lowest BCUT2D eigenvalue weighted by molar-refractivity contribution is -0.137. The van der Waals surface area contributed by atoms with Gasteiger partial charge in [0.15, 0.2) is 0 Å². The molecular weight excluding hydrogens is 405 g/mol. The normalized spacial score (nSPS) is 11.2. The first-order chi connectivity index (χ1) is 14.3. The second-order valence-corrected chi connectivity index (χ2v) is 5.86. The molecule has 3 aromatic rings. The molecule has 0 aliphatic carbocycles. The lowest BCUT2D eigenvalue weighted by Crippen LogP contribution is -2.10. The highest BCUT2D eigenvalue weighted by molar-refractivity contribution is 5.94. The van der Waals surface area contributed by atoms with Crippen LogP contribution in [0.2, 0.25) is 0 Å². The van der Waals surface area contributed by atoms with Crippen LogP contribution in [0.3, 0.4) is 0 Å². The Morgan fingerprint density at radius 2 is 1.77 bits per heavy atom. The van der Waals surface area contributed by atoms with E-state index in [1.165, 1.54) is 37.4 Å². The fourth-order valence-electron chi connectivity index (χ4n) is 2.61. The maximum absolute atomic E-state index is 12.9. The number of rotatable bonds is 5. The smallest absolute Gasteiger partial charge is 0.416 e. The van der Waals surface area contributed by atoms with Gasteiger partial charge in [0.05, 0.1) is 30.7 Å². The van der Waals surface area contributed by atoms with Crippen LogP contribution in [0, 0.1) is 0 Å². The zero-order valence-corrected chi connectivity index (χ0v) is 15.8. The summed E-state index contributed by atoms with van der Waals surface area (Å²) < 4.78 is 49.4. The van der Waals surface area contributed by atoms with Crippen LogP contribution in [-0.2, 0) is 15.7 Å². The Bertz CT molecular complexity index is 1080. The molecule has 2 heterocycles. The number of halogens is 3. The molecule has 0 saturated heterocycles. The van der Waals surface area contributed by atoms with E-state index in [-0.39, 0.29) is 35.1 Å². The number of esters is 2.